The fourth-order valence-electron chi connectivity index (χ4n) is 1.88. The van der Waals surface area contributed by atoms with Gasteiger partial charge in [0, 0.05) is 18.7 Å². The van der Waals surface area contributed by atoms with Crippen molar-refractivity contribution >= 4 is 11.9 Å². The van der Waals surface area contributed by atoms with Crippen molar-refractivity contribution in [3.63, 3.8) is 0 Å². The zero-order valence-corrected chi connectivity index (χ0v) is 10.7. The second-order valence-corrected chi connectivity index (χ2v) is 4.23. The molecule has 0 saturated carbocycles. The van der Waals surface area contributed by atoms with Crippen molar-refractivity contribution in [3.8, 4) is 11.5 Å². The summed E-state index contributed by atoms with van der Waals surface area (Å²) in [6.45, 7) is 0.0198. The lowest BCUT2D eigenvalue weighted by atomic mass is 10.1. The predicted octanol–water partition coefficient (Wildman–Crippen LogP) is 0.324. The highest BCUT2D eigenvalue weighted by Gasteiger charge is 2.20. The molecule has 1 aromatic carbocycles. The molecule has 2 N–H and O–H groups in total. The van der Waals surface area contributed by atoms with Crippen LogP contribution in [0, 0.1) is 0 Å². The van der Waals surface area contributed by atoms with E-state index in [1.54, 1.807) is 18.2 Å². The van der Waals surface area contributed by atoms with Crippen LogP contribution in [0.25, 0.3) is 0 Å². The molecule has 0 radical (unpaired) electrons. The first-order valence-electron chi connectivity index (χ1n) is 6.13. The largest absolute Gasteiger partial charge is 0.481 e. The Morgan fingerprint density at radius 1 is 1.20 bits per heavy atom. The lowest BCUT2D eigenvalue weighted by molar-refractivity contribution is -0.137. The summed E-state index contributed by atoms with van der Waals surface area (Å²) in [6, 6.07) is 4.76. The van der Waals surface area contributed by atoms with Gasteiger partial charge in [-0.3, -0.25) is 9.59 Å². The molecule has 0 fully saturated rings. The Kier molecular flexibility index (Phi) is 4.41. The van der Waals surface area contributed by atoms with E-state index in [1.165, 1.54) is 4.90 Å². The van der Waals surface area contributed by atoms with Crippen LogP contribution in [0.2, 0.25) is 0 Å². The summed E-state index contributed by atoms with van der Waals surface area (Å²) in [5.41, 5.74) is 0.369. The van der Waals surface area contributed by atoms with Gasteiger partial charge in [-0.1, -0.05) is 0 Å². The number of aliphatic carboxylic acids is 1. The normalized spacial score (nSPS) is 12.2. The highest BCUT2D eigenvalue weighted by Crippen LogP contribution is 2.32. The van der Waals surface area contributed by atoms with E-state index in [0.717, 1.165) is 0 Å². The molecule has 1 aliphatic rings. The fraction of sp³-hybridized carbons (Fsp3) is 0.385. The highest BCUT2D eigenvalue weighted by atomic mass is 16.7. The van der Waals surface area contributed by atoms with Gasteiger partial charge in [-0.05, 0) is 18.2 Å². The molecule has 1 aromatic rings. The molecule has 7 nitrogen and oxygen atoms in total. The van der Waals surface area contributed by atoms with Gasteiger partial charge >= 0.3 is 5.97 Å². The minimum atomic E-state index is -0.994. The highest BCUT2D eigenvalue weighted by molar-refractivity contribution is 5.95. The van der Waals surface area contributed by atoms with Gasteiger partial charge in [0.05, 0.1) is 13.0 Å². The Bertz CT molecular complexity index is 516. The van der Waals surface area contributed by atoms with Crippen molar-refractivity contribution in [2.75, 3.05) is 26.5 Å². The predicted molar refractivity (Wildman–Crippen MR) is 67.8 cm³/mol. The number of carboxylic acids is 1. The molecular formula is C13H15NO6. The first-order valence-corrected chi connectivity index (χ1v) is 6.13. The van der Waals surface area contributed by atoms with Gasteiger partial charge in [-0.25, -0.2) is 0 Å². The summed E-state index contributed by atoms with van der Waals surface area (Å²) >= 11 is 0. The van der Waals surface area contributed by atoms with Gasteiger partial charge in [0.25, 0.3) is 5.91 Å². The Hall–Kier alpha value is -2.28. The summed E-state index contributed by atoms with van der Waals surface area (Å²) in [5.74, 6) is -0.288. The van der Waals surface area contributed by atoms with Gasteiger partial charge in [0.2, 0.25) is 6.79 Å². The first kappa shape index (κ1) is 14.1. The van der Waals surface area contributed by atoms with Crippen molar-refractivity contribution < 1.29 is 29.3 Å². The molecule has 0 saturated heterocycles. The molecule has 1 aliphatic heterocycles. The minimum Gasteiger partial charge on any atom is -0.481 e. The summed E-state index contributed by atoms with van der Waals surface area (Å²) in [5, 5.41) is 17.6. The number of nitrogens with zero attached hydrogens (tertiary/aromatic N) is 1. The molecule has 0 spiro atoms. The Morgan fingerprint density at radius 2 is 1.95 bits per heavy atom. The number of amides is 1. The molecule has 108 valence electrons. The molecule has 0 unspecified atom stereocenters. The molecule has 0 atom stereocenters. The first-order chi connectivity index (χ1) is 9.61. The third kappa shape index (κ3) is 3.18. The average molecular weight is 281 g/mol. The zero-order chi connectivity index (χ0) is 14.5. The SMILES string of the molecule is O=C(O)CCN(CCO)C(=O)c1ccc2c(c1)OCO2. The van der Waals surface area contributed by atoms with Crippen molar-refractivity contribution in [2.24, 2.45) is 0 Å². The monoisotopic (exact) mass is 281 g/mol. The van der Waals surface area contributed by atoms with Gasteiger partial charge in [-0.15, -0.1) is 0 Å². The quantitative estimate of drug-likeness (QED) is 0.779. The number of fused-ring (bicyclic) bond motifs is 1. The maximum Gasteiger partial charge on any atom is 0.305 e. The van der Waals surface area contributed by atoms with Gasteiger partial charge in [0.1, 0.15) is 0 Å². The number of aliphatic hydroxyl groups is 1. The van der Waals surface area contributed by atoms with Crippen molar-refractivity contribution in [1.82, 2.24) is 4.90 Å². The minimum absolute atomic E-state index is 0.0448. The van der Waals surface area contributed by atoms with Gasteiger partial charge < -0.3 is 24.6 Å². The summed E-state index contributed by atoms with van der Waals surface area (Å²) in [4.78, 5) is 24.2. The molecule has 1 heterocycles. The third-order valence-electron chi connectivity index (χ3n) is 2.87. The number of carbonyl (C=O) groups is 2. The van der Waals surface area contributed by atoms with Crippen molar-refractivity contribution in [2.45, 2.75) is 6.42 Å². The number of hydrogen-bond donors (Lipinski definition) is 2. The van der Waals surface area contributed by atoms with E-state index in [0.29, 0.717) is 17.1 Å². The Labute approximate surface area is 115 Å². The van der Waals surface area contributed by atoms with Crippen LogP contribution in [0.15, 0.2) is 18.2 Å². The molecule has 1 amide bonds. The number of ether oxygens (including phenoxy) is 2. The summed E-state index contributed by atoms with van der Waals surface area (Å²) < 4.78 is 10.3. The number of hydrogen-bond acceptors (Lipinski definition) is 5. The van der Waals surface area contributed by atoms with Crippen LogP contribution < -0.4 is 9.47 Å². The van der Waals surface area contributed by atoms with E-state index in [2.05, 4.69) is 0 Å². The molecule has 2 rings (SSSR count). The summed E-state index contributed by atoms with van der Waals surface area (Å²) in [7, 11) is 0. The topological polar surface area (TPSA) is 96.3 Å². The maximum atomic E-state index is 12.3. The number of aliphatic hydroxyl groups excluding tert-OH is 1. The molecule has 0 aliphatic carbocycles. The van der Waals surface area contributed by atoms with Crippen LogP contribution in [-0.2, 0) is 4.79 Å². The Morgan fingerprint density at radius 3 is 2.65 bits per heavy atom. The smallest absolute Gasteiger partial charge is 0.305 e. The van der Waals surface area contributed by atoms with Gasteiger partial charge in [0.15, 0.2) is 11.5 Å². The standard InChI is InChI=1S/C13H15NO6/c15-6-5-14(4-3-12(16)17)13(18)9-1-2-10-11(7-9)20-8-19-10/h1-2,7,15H,3-6,8H2,(H,16,17). The molecule has 0 bridgehead atoms. The van der Waals surface area contributed by atoms with Crippen LogP contribution in [-0.4, -0.2) is 53.5 Å². The van der Waals surface area contributed by atoms with Crippen LogP contribution in [0.1, 0.15) is 16.8 Å². The van der Waals surface area contributed by atoms with Crippen LogP contribution in [0.4, 0.5) is 0 Å². The van der Waals surface area contributed by atoms with E-state index < -0.39 is 5.97 Å². The zero-order valence-electron chi connectivity index (χ0n) is 10.7. The van der Waals surface area contributed by atoms with E-state index in [4.69, 9.17) is 19.7 Å². The molecule has 20 heavy (non-hydrogen) atoms. The van der Waals surface area contributed by atoms with Gasteiger partial charge in [-0.2, -0.15) is 0 Å². The fourth-order valence-corrected chi connectivity index (χ4v) is 1.88. The Balaban J connectivity index is 2.12. The molecule has 0 aromatic heterocycles. The molecular weight excluding hydrogens is 266 g/mol. The number of carboxylic acid groups (broad SMARTS) is 1. The maximum absolute atomic E-state index is 12.3. The van der Waals surface area contributed by atoms with E-state index in [-0.39, 0.29) is 38.8 Å². The average Bonchev–Trinajstić information content (AvgIpc) is 2.89. The number of carbonyl (C=O) groups excluding carboxylic acids is 1. The number of benzene rings is 1. The second-order valence-electron chi connectivity index (χ2n) is 4.23. The van der Waals surface area contributed by atoms with Crippen molar-refractivity contribution in [3.05, 3.63) is 23.8 Å². The van der Waals surface area contributed by atoms with E-state index >= 15 is 0 Å². The summed E-state index contributed by atoms with van der Waals surface area (Å²) in [6.07, 6.45) is -0.170. The molecule has 7 heteroatoms. The number of rotatable bonds is 6. The van der Waals surface area contributed by atoms with Crippen LogP contribution in [0.5, 0.6) is 11.5 Å². The van der Waals surface area contributed by atoms with Crippen LogP contribution in [0.3, 0.4) is 0 Å². The second kappa shape index (κ2) is 6.25. The lowest BCUT2D eigenvalue weighted by Gasteiger charge is -2.21. The van der Waals surface area contributed by atoms with Crippen molar-refractivity contribution in [1.29, 1.82) is 0 Å². The van der Waals surface area contributed by atoms with E-state index in [9.17, 15) is 9.59 Å². The van der Waals surface area contributed by atoms with Crippen LogP contribution >= 0.6 is 0 Å². The van der Waals surface area contributed by atoms with E-state index in [1.807, 2.05) is 0 Å². The lowest BCUT2D eigenvalue weighted by Crippen LogP contribution is -2.35. The third-order valence-corrected chi connectivity index (χ3v) is 2.87.